The van der Waals surface area contributed by atoms with Crippen LogP contribution in [0.2, 0.25) is 0 Å². The van der Waals surface area contributed by atoms with Crippen LogP contribution in [-0.2, 0) is 6.42 Å². The number of hydrogen-bond acceptors (Lipinski definition) is 4. The molecular formula is C23H16FN3O2S. The SMILES string of the molecule is O=C1NCCc2c1ccc(NC(=O)c1cc(-c3cccs3)nc3ccccc13)c2F. The maximum absolute atomic E-state index is 15.0. The van der Waals surface area contributed by atoms with E-state index in [9.17, 15) is 9.59 Å². The van der Waals surface area contributed by atoms with Gasteiger partial charge in [-0.1, -0.05) is 24.3 Å². The first-order chi connectivity index (χ1) is 14.6. The minimum absolute atomic E-state index is 0.0621. The molecule has 0 atom stereocenters. The predicted molar refractivity (Wildman–Crippen MR) is 115 cm³/mol. The van der Waals surface area contributed by atoms with Crippen molar-refractivity contribution in [2.24, 2.45) is 0 Å². The zero-order chi connectivity index (χ0) is 20.7. The number of thiophene rings is 1. The van der Waals surface area contributed by atoms with Gasteiger partial charge in [0.1, 0.15) is 0 Å². The van der Waals surface area contributed by atoms with Gasteiger partial charge in [-0.3, -0.25) is 9.59 Å². The van der Waals surface area contributed by atoms with Crippen LogP contribution in [0.3, 0.4) is 0 Å². The van der Waals surface area contributed by atoms with Crippen LogP contribution in [-0.4, -0.2) is 23.3 Å². The number of amides is 2. The van der Waals surface area contributed by atoms with Gasteiger partial charge in [-0.25, -0.2) is 9.37 Å². The van der Waals surface area contributed by atoms with Crippen molar-refractivity contribution >= 4 is 39.7 Å². The highest BCUT2D eigenvalue weighted by Crippen LogP contribution is 2.29. The molecule has 0 saturated carbocycles. The van der Waals surface area contributed by atoms with Gasteiger partial charge in [0.2, 0.25) is 0 Å². The van der Waals surface area contributed by atoms with E-state index in [1.807, 2.05) is 41.8 Å². The summed E-state index contributed by atoms with van der Waals surface area (Å²) in [6, 6.07) is 15.9. The van der Waals surface area contributed by atoms with Gasteiger partial charge in [0.15, 0.2) is 5.82 Å². The van der Waals surface area contributed by atoms with Crippen molar-refractivity contribution in [3.8, 4) is 10.6 Å². The highest BCUT2D eigenvalue weighted by Gasteiger charge is 2.23. The third-order valence-electron chi connectivity index (χ3n) is 5.13. The Labute approximate surface area is 175 Å². The number of aromatic nitrogens is 1. The van der Waals surface area contributed by atoms with E-state index in [0.717, 1.165) is 4.88 Å². The van der Waals surface area contributed by atoms with E-state index in [2.05, 4.69) is 15.6 Å². The number of fused-ring (bicyclic) bond motifs is 2. The summed E-state index contributed by atoms with van der Waals surface area (Å²) in [5.41, 5.74) is 2.50. The number of benzene rings is 2. The maximum Gasteiger partial charge on any atom is 0.256 e. The van der Waals surface area contributed by atoms with Gasteiger partial charge in [-0.05, 0) is 42.1 Å². The van der Waals surface area contributed by atoms with Gasteiger partial charge in [0.25, 0.3) is 11.8 Å². The average molecular weight is 417 g/mol. The molecule has 0 spiro atoms. The van der Waals surface area contributed by atoms with Crippen molar-refractivity contribution in [3.63, 3.8) is 0 Å². The van der Waals surface area contributed by atoms with Gasteiger partial charge < -0.3 is 10.6 Å². The molecular weight excluding hydrogens is 401 g/mol. The predicted octanol–water partition coefficient (Wildman–Crippen LogP) is 4.64. The van der Waals surface area contributed by atoms with Crippen molar-refractivity contribution in [1.82, 2.24) is 10.3 Å². The third-order valence-corrected chi connectivity index (χ3v) is 6.02. The van der Waals surface area contributed by atoms with Crippen LogP contribution in [0.4, 0.5) is 10.1 Å². The van der Waals surface area contributed by atoms with Crippen LogP contribution < -0.4 is 10.6 Å². The van der Waals surface area contributed by atoms with E-state index in [1.165, 1.54) is 17.4 Å². The molecule has 3 heterocycles. The highest BCUT2D eigenvalue weighted by atomic mass is 32.1. The van der Waals surface area contributed by atoms with Crippen LogP contribution in [0.25, 0.3) is 21.5 Å². The summed E-state index contributed by atoms with van der Waals surface area (Å²) in [7, 11) is 0. The number of hydrogen-bond donors (Lipinski definition) is 2. The molecule has 0 aliphatic carbocycles. The summed E-state index contributed by atoms with van der Waals surface area (Å²) in [4.78, 5) is 30.7. The Bertz CT molecular complexity index is 1300. The fraction of sp³-hybridized carbons (Fsp3) is 0.0870. The molecule has 1 aliphatic rings. The molecule has 5 nitrogen and oxygen atoms in total. The molecule has 0 fully saturated rings. The number of para-hydroxylation sites is 1. The summed E-state index contributed by atoms with van der Waals surface area (Å²) in [5.74, 6) is -1.29. The number of halogens is 1. The highest BCUT2D eigenvalue weighted by molar-refractivity contribution is 7.13. The number of carbonyl (C=O) groups excluding carboxylic acids is 2. The van der Waals surface area contributed by atoms with Crippen LogP contribution in [0, 0.1) is 5.82 Å². The number of rotatable bonds is 3. The Hall–Kier alpha value is -3.58. The second kappa shape index (κ2) is 7.35. The fourth-order valence-electron chi connectivity index (χ4n) is 3.67. The zero-order valence-corrected chi connectivity index (χ0v) is 16.6. The van der Waals surface area contributed by atoms with E-state index in [1.54, 1.807) is 12.1 Å². The van der Waals surface area contributed by atoms with Crippen LogP contribution in [0.5, 0.6) is 0 Å². The summed E-state index contributed by atoms with van der Waals surface area (Å²) < 4.78 is 15.0. The van der Waals surface area contributed by atoms with E-state index in [4.69, 9.17) is 0 Å². The second-order valence-electron chi connectivity index (χ2n) is 6.96. The second-order valence-corrected chi connectivity index (χ2v) is 7.91. The zero-order valence-electron chi connectivity index (χ0n) is 15.7. The molecule has 148 valence electrons. The van der Waals surface area contributed by atoms with Gasteiger partial charge >= 0.3 is 0 Å². The van der Waals surface area contributed by atoms with E-state index >= 15 is 4.39 Å². The van der Waals surface area contributed by atoms with Gasteiger partial charge in [-0.2, -0.15) is 0 Å². The Balaban J connectivity index is 1.56. The monoisotopic (exact) mass is 417 g/mol. The summed E-state index contributed by atoms with van der Waals surface area (Å²) >= 11 is 1.54. The lowest BCUT2D eigenvalue weighted by Gasteiger charge is -2.19. The van der Waals surface area contributed by atoms with Gasteiger partial charge in [-0.15, -0.1) is 11.3 Å². The fourth-order valence-corrected chi connectivity index (χ4v) is 4.36. The number of pyridine rings is 1. The molecule has 0 bridgehead atoms. The first-order valence-electron chi connectivity index (χ1n) is 9.46. The number of nitrogens with one attached hydrogen (secondary N) is 2. The Morgan fingerprint density at radius 3 is 2.83 bits per heavy atom. The summed E-state index contributed by atoms with van der Waals surface area (Å²) in [6.45, 7) is 0.374. The molecule has 5 rings (SSSR count). The molecule has 30 heavy (non-hydrogen) atoms. The normalized spacial score (nSPS) is 13.0. The smallest absolute Gasteiger partial charge is 0.256 e. The van der Waals surface area contributed by atoms with Gasteiger partial charge in [0.05, 0.1) is 27.3 Å². The molecule has 0 saturated heterocycles. The quantitative estimate of drug-likeness (QED) is 0.510. The van der Waals surface area contributed by atoms with Crippen molar-refractivity contribution < 1.29 is 14.0 Å². The first-order valence-corrected chi connectivity index (χ1v) is 10.3. The van der Waals surface area contributed by atoms with E-state index < -0.39 is 11.7 Å². The van der Waals surface area contributed by atoms with Crippen LogP contribution in [0.15, 0.2) is 60.0 Å². The Morgan fingerprint density at radius 1 is 1.13 bits per heavy atom. The molecule has 1 aliphatic heterocycles. The Kier molecular flexibility index (Phi) is 4.52. The lowest BCUT2D eigenvalue weighted by Crippen LogP contribution is -2.32. The third kappa shape index (κ3) is 3.13. The Morgan fingerprint density at radius 2 is 2.00 bits per heavy atom. The number of carbonyl (C=O) groups is 2. The van der Waals surface area contributed by atoms with E-state index in [0.29, 0.717) is 46.3 Å². The topological polar surface area (TPSA) is 71.1 Å². The molecule has 0 radical (unpaired) electrons. The first kappa shape index (κ1) is 18.4. The largest absolute Gasteiger partial charge is 0.352 e. The molecule has 4 aromatic rings. The van der Waals surface area contributed by atoms with Crippen molar-refractivity contribution in [3.05, 3.63) is 82.5 Å². The van der Waals surface area contributed by atoms with Crippen molar-refractivity contribution in [2.75, 3.05) is 11.9 Å². The summed E-state index contributed by atoms with van der Waals surface area (Å²) in [5, 5.41) is 8.02. The van der Waals surface area contributed by atoms with Gasteiger partial charge in [0, 0.05) is 23.1 Å². The van der Waals surface area contributed by atoms with Crippen molar-refractivity contribution in [1.29, 1.82) is 0 Å². The molecule has 2 aromatic carbocycles. The molecule has 2 N–H and O–H groups in total. The molecule has 0 unspecified atom stereocenters. The molecule has 2 amide bonds. The molecule has 2 aromatic heterocycles. The summed E-state index contributed by atoms with van der Waals surface area (Å²) in [6.07, 6.45) is 0.386. The lowest BCUT2D eigenvalue weighted by atomic mass is 9.98. The van der Waals surface area contributed by atoms with Crippen LogP contribution in [0.1, 0.15) is 26.3 Å². The van der Waals surface area contributed by atoms with Crippen LogP contribution >= 0.6 is 11.3 Å². The number of anilines is 1. The maximum atomic E-state index is 15.0. The minimum atomic E-state index is -0.562. The van der Waals surface area contributed by atoms with Crippen molar-refractivity contribution in [2.45, 2.75) is 6.42 Å². The standard InChI is InChI=1S/C23H16FN3O2S/c24-21-14-9-10-25-22(28)15(14)7-8-18(21)27-23(29)16-12-19(20-6-3-11-30-20)26-17-5-2-1-4-13(16)17/h1-8,11-12H,9-10H2,(H,25,28)(H,27,29). The average Bonchev–Trinajstić information content (AvgIpc) is 3.30. The number of nitrogens with zero attached hydrogens (tertiary/aromatic N) is 1. The lowest BCUT2D eigenvalue weighted by molar-refractivity contribution is 0.0944. The minimum Gasteiger partial charge on any atom is -0.352 e. The molecule has 7 heteroatoms. The van der Waals surface area contributed by atoms with E-state index in [-0.39, 0.29) is 11.6 Å².